The van der Waals surface area contributed by atoms with Crippen LogP contribution in [0.2, 0.25) is 0 Å². The van der Waals surface area contributed by atoms with Gasteiger partial charge in [-0.25, -0.2) is 0 Å². The molecule has 4 heteroatoms. The molecular formula is C17H28N2O2. The predicted molar refractivity (Wildman–Crippen MR) is 86.2 cm³/mol. The summed E-state index contributed by atoms with van der Waals surface area (Å²) in [6, 6.07) is 6.32. The average Bonchev–Trinajstić information content (AvgIpc) is 2.54. The highest BCUT2D eigenvalue weighted by Gasteiger charge is 2.21. The van der Waals surface area contributed by atoms with Gasteiger partial charge in [-0.3, -0.25) is 4.90 Å². The molecule has 1 heterocycles. The molecule has 0 amide bonds. The molecule has 21 heavy (non-hydrogen) atoms. The number of methoxy groups -OCH3 is 2. The van der Waals surface area contributed by atoms with Crippen LogP contribution in [-0.4, -0.2) is 45.8 Å². The van der Waals surface area contributed by atoms with Crippen molar-refractivity contribution in [3.63, 3.8) is 0 Å². The van der Waals surface area contributed by atoms with E-state index in [1.165, 1.54) is 24.9 Å². The van der Waals surface area contributed by atoms with Crippen LogP contribution in [0.3, 0.4) is 0 Å². The minimum absolute atomic E-state index is 0.303. The van der Waals surface area contributed by atoms with E-state index in [1.54, 1.807) is 14.2 Å². The molecule has 1 saturated heterocycles. The Kier molecular flexibility index (Phi) is 5.88. The maximum atomic E-state index is 5.51. The molecule has 2 rings (SSSR count). The van der Waals surface area contributed by atoms with Gasteiger partial charge < -0.3 is 14.8 Å². The number of benzene rings is 1. The van der Waals surface area contributed by atoms with Crippen molar-refractivity contribution in [3.8, 4) is 11.5 Å². The van der Waals surface area contributed by atoms with Gasteiger partial charge in [0.25, 0.3) is 0 Å². The Morgan fingerprint density at radius 2 is 2.14 bits per heavy atom. The van der Waals surface area contributed by atoms with Gasteiger partial charge in [0.05, 0.1) is 14.2 Å². The van der Waals surface area contributed by atoms with E-state index in [4.69, 9.17) is 9.47 Å². The number of hydrogen-bond donors (Lipinski definition) is 1. The number of piperidine rings is 1. The Balaban J connectivity index is 2.08. The molecule has 0 radical (unpaired) electrons. The first-order valence-corrected chi connectivity index (χ1v) is 7.78. The van der Waals surface area contributed by atoms with E-state index >= 15 is 0 Å². The Bertz CT molecular complexity index is 444. The zero-order valence-electron chi connectivity index (χ0n) is 13.7. The summed E-state index contributed by atoms with van der Waals surface area (Å²) in [5.74, 6) is 2.55. The monoisotopic (exact) mass is 292 g/mol. The zero-order chi connectivity index (χ0) is 15.2. The summed E-state index contributed by atoms with van der Waals surface area (Å²) in [4.78, 5) is 2.41. The van der Waals surface area contributed by atoms with Crippen molar-refractivity contribution in [2.45, 2.75) is 25.8 Å². The van der Waals surface area contributed by atoms with Crippen LogP contribution in [0.5, 0.6) is 11.5 Å². The molecule has 4 nitrogen and oxygen atoms in total. The number of nitrogens with one attached hydrogen (secondary N) is 1. The highest BCUT2D eigenvalue weighted by molar-refractivity contribution is 5.42. The minimum atomic E-state index is 0.303. The van der Waals surface area contributed by atoms with Crippen LogP contribution in [0.25, 0.3) is 0 Å². The SMILES string of the molecule is COc1ccc(OC)c(C(C)N(C)CC2CCCNC2)c1. The van der Waals surface area contributed by atoms with E-state index in [-0.39, 0.29) is 0 Å². The largest absolute Gasteiger partial charge is 0.497 e. The zero-order valence-corrected chi connectivity index (χ0v) is 13.7. The molecule has 0 spiro atoms. The lowest BCUT2D eigenvalue weighted by atomic mass is 9.97. The van der Waals surface area contributed by atoms with E-state index < -0.39 is 0 Å². The second-order valence-electron chi connectivity index (χ2n) is 5.94. The van der Waals surface area contributed by atoms with Crippen LogP contribution in [0.15, 0.2) is 18.2 Å². The molecule has 1 N–H and O–H groups in total. The third-order valence-corrected chi connectivity index (χ3v) is 4.49. The fourth-order valence-corrected chi connectivity index (χ4v) is 3.05. The molecule has 0 saturated carbocycles. The van der Waals surface area contributed by atoms with Crippen LogP contribution < -0.4 is 14.8 Å². The number of nitrogens with zero attached hydrogens (tertiary/aromatic N) is 1. The Hall–Kier alpha value is -1.26. The molecule has 1 aliphatic rings. The van der Waals surface area contributed by atoms with E-state index in [0.29, 0.717) is 6.04 Å². The van der Waals surface area contributed by atoms with Crippen molar-refractivity contribution in [1.29, 1.82) is 0 Å². The number of hydrogen-bond acceptors (Lipinski definition) is 4. The molecule has 0 bridgehead atoms. The summed E-state index contributed by atoms with van der Waals surface area (Å²) in [7, 11) is 5.62. The lowest BCUT2D eigenvalue weighted by molar-refractivity contribution is 0.196. The van der Waals surface area contributed by atoms with Gasteiger partial charge in [-0.05, 0) is 64.0 Å². The Morgan fingerprint density at radius 1 is 1.33 bits per heavy atom. The Morgan fingerprint density at radius 3 is 2.76 bits per heavy atom. The maximum absolute atomic E-state index is 5.51. The molecule has 2 atom stereocenters. The first-order valence-electron chi connectivity index (χ1n) is 7.78. The van der Waals surface area contributed by atoms with Crippen molar-refractivity contribution >= 4 is 0 Å². The van der Waals surface area contributed by atoms with Crippen LogP contribution in [0, 0.1) is 5.92 Å². The third-order valence-electron chi connectivity index (χ3n) is 4.49. The highest BCUT2D eigenvalue weighted by atomic mass is 16.5. The van der Waals surface area contributed by atoms with Crippen molar-refractivity contribution in [1.82, 2.24) is 10.2 Å². The van der Waals surface area contributed by atoms with Crippen LogP contribution in [0.1, 0.15) is 31.4 Å². The summed E-state index contributed by atoms with van der Waals surface area (Å²) >= 11 is 0. The first kappa shape index (κ1) is 16.1. The highest BCUT2D eigenvalue weighted by Crippen LogP contribution is 2.32. The van der Waals surface area contributed by atoms with Gasteiger partial charge in [-0.15, -0.1) is 0 Å². The molecule has 1 aromatic carbocycles. The predicted octanol–water partition coefficient (Wildman–Crippen LogP) is 2.70. The van der Waals surface area contributed by atoms with E-state index in [1.807, 2.05) is 12.1 Å². The van der Waals surface area contributed by atoms with Gasteiger partial charge in [-0.1, -0.05) is 0 Å². The molecule has 1 aliphatic heterocycles. The van der Waals surface area contributed by atoms with E-state index in [9.17, 15) is 0 Å². The second-order valence-corrected chi connectivity index (χ2v) is 5.94. The summed E-state index contributed by atoms with van der Waals surface area (Å²) in [6.45, 7) is 5.63. The molecule has 118 valence electrons. The summed E-state index contributed by atoms with van der Waals surface area (Å²) < 4.78 is 10.9. The fraction of sp³-hybridized carbons (Fsp3) is 0.647. The number of ether oxygens (including phenoxy) is 2. The van der Waals surface area contributed by atoms with Gasteiger partial charge in [0.2, 0.25) is 0 Å². The van der Waals surface area contributed by atoms with Crippen LogP contribution in [-0.2, 0) is 0 Å². The summed E-state index contributed by atoms with van der Waals surface area (Å²) in [6.07, 6.45) is 2.61. The van der Waals surface area contributed by atoms with Gasteiger partial charge in [-0.2, -0.15) is 0 Å². The topological polar surface area (TPSA) is 33.7 Å². The quantitative estimate of drug-likeness (QED) is 0.874. The smallest absolute Gasteiger partial charge is 0.123 e. The van der Waals surface area contributed by atoms with Crippen LogP contribution >= 0.6 is 0 Å². The molecule has 2 unspecified atom stereocenters. The van der Waals surface area contributed by atoms with E-state index in [0.717, 1.165) is 30.5 Å². The average molecular weight is 292 g/mol. The van der Waals surface area contributed by atoms with Crippen molar-refractivity contribution in [2.24, 2.45) is 5.92 Å². The van der Waals surface area contributed by atoms with Gasteiger partial charge in [0.15, 0.2) is 0 Å². The van der Waals surface area contributed by atoms with Gasteiger partial charge in [0.1, 0.15) is 11.5 Å². The van der Waals surface area contributed by atoms with Crippen LogP contribution in [0.4, 0.5) is 0 Å². The minimum Gasteiger partial charge on any atom is -0.497 e. The lowest BCUT2D eigenvalue weighted by Gasteiger charge is -2.32. The van der Waals surface area contributed by atoms with E-state index in [2.05, 4.69) is 30.3 Å². The normalized spacial score (nSPS) is 20.3. The molecule has 1 aromatic rings. The Labute approximate surface area is 128 Å². The lowest BCUT2D eigenvalue weighted by Crippen LogP contribution is -2.37. The summed E-state index contributed by atoms with van der Waals surface area (Å²) in [5.41, 5.74) is 1.18. The van der Waals surface area contributed by atoms with Crippen molar-refractivity contribution in [3.05, 3.63) is 23.8 Å². The van der Waals surface area contributed by atoms with Gasteiger partial charge in [0, 0.05) is 18.2 Å². The fourth-order valence-electron chi connectivity index (χ4n) is 3.05. The summed E-state index contributed by atoms with van der Waals surface area (Å²) in [5, 5.41) is 3.49. The van der Waals surface area contributed by atoms with Gasteiger partial charge >= 0.3 is 0 Å². The molecular weight excluding hydrogens is 264 g/mol. The molecule has 0 aromatic heterocycles. The second kappa shape index (κ2) is 7.66. The maximum Gasteiger partial charge on any atom is 0.123 e. The van der Waals surface area contributed by atoms with Crippen molar-refractivity contribution < 1.29 is 9.47 Å². The molecule has 0 aliphatic carbocycles. The first-order chi connectivity index (χ1) is 10.2. The van der Waals surface area contributed by atoms with Crippen molar-refractivity contribution in [2.75, 3.05) is 40.9 Å². The molecule has 1 fully saturated rings. The third kappa shape index (κ3) is 4.11. The number of rotatable bonds is 6. The standard InChI is InChI=1S/C17H28N2O2/c1-13(19(2)12-14-6-5-9-18-11-14)16-10-15(20-3)7-8-17(16)21-4/h7-8,10,13-14,18H,5-6,9,11-12H2,1-4H3.